The van der Waals surface area contributed by atoms with Crippen LogP contribution in [0.2, 0.25) is 0 Å². The highest BCUT2D eigenvalue weighted by atomic mass is 127. The zero-order chi connectivity index (χ0) is 33.3. The van der Waals surface area contributed by atoms with Crippen LogP contribution in [-0.4, -0.2) is 116 Å². The molecule has 4 heterocycles. The van der Waals surface area contributed by atoms with Crippen molar-refractivity contribution in [2.75, 3.05) is 13.2 Å². The van der Waals surface area contributed by atoms with Gasteiger partial charge in [0.05, 0.1) is 16.8 Å². The van der Waals surface area contributed by atoms with Crippen molar-refractivity contribution in [3.05, 3.63) is 54.8 Å². The van der Waals surface area contributed by atoms with Gasteiger partial charge < -0.3 is 59.7 Å². The van der Waals surface area contributed by atoms with Crippen LogP contribution in [0.4, 0.5) is 0 Å². The highest BCUT2D eigenvalue weighted by Gasteiger charge is 2.47. The third-order valence-electron chi connectivity index (χ3n) is 6.22. The third kappa shape index (κ3) is 10.1. The molecule has 0 aromatic carbocycles. The van der Waals surface area contributed by atoms with Crippen LogP contribution >= 0.6 is 38.2 Å². The van der Waals surface area contributed by atoms with Crippen LogP contribution < -0.4 is 16.6 Å². The fraction of sp³-hybridized carbons (Fsp3) is 0.571. The molecule has 256 valence electrons. The summed E-state index contributed by atoms with van der Waals surface area (Å²) < 4.78 is 41.6. The minimum atomic E-state index is -4.77. The number of amides is 1. The smallest absolute Gasteiger partial charge is 0.387 e. The minimum Gasteiger partial charge on any atom is -0.387 e. The van der Waals surface area contributed by atoms with Crippen LogP contribution in [0.25, 0.3) is 0 Å². The standard InChI is InChI=1S/C10H14IN2O8P.C10H15N2O9P.CH4/c1-4-12-9(16)5(11)2-13(4)10-8(15)7(14)6(21-10)3-20-22(17,18)19;1-4-2-12(10(16)11-8(4)15)9-7(14)6(13)5(21-9)3-20-22(17,18)19;/h2,6-8,10,14-15H,1,3H2,(H,12,16)(H2,17,18,19);2,5-7,9,13-14H,3H2,1H3,(H,11,15,16)(H2,17,18,19);1H4/t6-,7-,8?,10-;5-,6-,7?,9-;/m11./s1. The van der Waals surface area contributed by atoms with Crippen molar-refractivity contribution < 1.29 is 72.4 Å². The second kappa shape index (κ2) is 15.4. The molecule has 8 atom stereocenters. The van der Waals surface area contributed by atoms with Gasteiger partial charge >= 0.3 is 21.3 Å². The first-order valence-electron chi connectivity index (χ1n) is 12.1. The topological polar surface area (TPSA) is 320 Å². The number of aliphatic hydroxyl groups excluding tert-OH is 4. The number of carbonyl (C=O) groups excluding carboxylic acids is 1. The first kappa shape index (κ1) is 39.3. The summed E-state index contributed by atoms with van der Waals surface area (Å²) in [6.07, 6.45) is -8.19. The van der Waals surface area contributed by atoms with E-state index in [1.165, 1.54) is 18.0 Å². The fourth-order valence-corrected chi connectivity index (χ4v) is 5.17. The predicted octanol–water partition coefficient (Wildman–Crippen LogP) is -3.07. The molecule has 0 bridgehead atoms. The zero-order valence-electron chi connectivity index (χ0n) is 22.3. The number of phosphoric ester groups is 2. The van der Waals surface area contributed by atoms with Gasteiger partial charge in [-0.1, -0.05) is 14.0 Å². The number of nitrogens with zero attached hydrogens (tertiary/aromatic N) is 2. The molecule has 2 unspecified atom stereocenters. The molecule has 24 heteroatoms. The second-order valence-electron chi connectivity index (χ2n) is 9.43. The molecule has 1 aromatic heterocycles. The van der Waals surface area contributed by atoms with Gasteiger partial charge in [0.15, 0.2) is 12.5 Å². The van der Waals surface area contributed by atoms with Gasteiger partial charge in [-0.2, -0.15) is 0 Å². The molecule has 2 fully saturated rings. The van der Waals surface area contributed by atoms with Crippen molar-refractivity contribution in [2.24, 2.45) is 0 Å². The Kier molecular flexibility index (Phi) is 13.4. The van der Waals surface area contributed by atoms with Gasteiger partial charge in [-0.15, -0.1) is 0 Å². The van der Waals surface area contributed by atoms with Gasteiger partial charge in [0.2, 0.25) is 0 Å². The van der Waals surface area contributed by atoms with Gasteiger partial charge in [0.25, 0.3) is 11.5 Å². The molecule has 0 radical (unpaired) electrons. The molecule has 0 spiro atoms. The SMILES string of the molecule is C.C=C1NC(=O)C(I)=CN1[C@@H]1O[C@H](COP(=O)(O)O)[C@@H](O)C1O.Cc1cn([C@@H]2O[C@H](COP(=O)(O)O)[C@@H](O)C2O)c(=O)[nH]c1=O. The lowest BCUT2D eigenvalue weighted by molar-refractivity contribution is -0.118. The van der Waals surface area contributed by atoms with E-state index in [0.29, 0.717) is 3.58 Å². The highest BCUT2D eigenvalue weighted by molar-refractivity contribution is 14.1. The summed E-state index contributed by atoms with van der Waals surface area (Å²) in [7, 11) is -9.49. The van der Waals surface area contributed by atoms with Crippen LogP contribution in [-0.2, 0) is 32.4 Å². The maximum absolute atomic E-state index is 11.7. The summed E-state index contributed by atoms with van der Waals surface area (Å²) in [4.78, 5) is 72.4. The van der Waals surface area contributed by atoms with Crippen LogP contribution in [0, 0.1) is 6.92 Å². The predicted molar refractivity (Wildman–Crippen MR) is 157 cm³/mol. The molecule has 2 saturated heterocycles. The molecule has 10 N–H and O–H groups in total. The van der Waals surface area contributed by atoms with Crippen molar-refractivity contribution in [1.82, 2.24) is 19.8 Å². The monoisotopic (exact) mass is 802 g/mol. The number of phosphoric acid groups is 2. The molecule has 4 rings (SSSR count). The normalized spacial score (nSPS) is 30.3. The maximum atomic E-state index is 11.7. The Bertz CT molecular complexity index is 1490. The van der Waals surface area contributed by atoms with Crippen molar-refractivity contribution in [3.63, 3.8) is 0 Å². The number of ether oxygens (including phenoxy) is 2. The van der Waals surface area contributed by atoms with Gasteiger partial charge in [-0.3, -0.25) is 28.2 Å². The number of H-pyrrole nitrogens is 1. The number of aromatic amines is 1. The van der Waals surface area contributed by atoms with Crippen molar-refractivity contribution in [3.8, 4) is 0 Å². The largest absolute Gasteiger partial charge is 0.469 e. The molecule has 1 aromatic rings. The summed E-state index contributed by atoms with van der Waals surface area (Å²) in [5, 5.41) is 42.1. The van der Waals surface area contributed by atoms with E-state index in [9.17, 15) is 43.9 Å². The van der Waals surface area contributed by atoms with Crippen LogP contribution in [0.1, 0.15) is 19.2 Å². The molecule has 0 saturated carbocycles. The van der Waals surface area contributed by atoms with Gasteiger partial charge in [-0.05, 0) is 29.5 Å². The number of rotatable bonds is 8. The van der Waals surface area contributed by atoms with E-state index in [-0.39, 0.29) is 24.7 Å². The van der Waals surface area contributed by atoms with E-state index < -0.39 is 89.2 Å². The Morgan fingerprint density at radius 3 is 1.87 bits per heavy atom. The van der Waals surface area contributed by atoms with Crippen LogP contribution in [0.15, 0.2) is 38.0 Å². The second-order valence-corrected chi connectivity index (χ2v) is 13.1. The fourth-order valence-electron chi connectivity index (χ4n) is 4.05. The zero-order valence-corrected chi connectivity index (χ0v) is 26.3. The van der Waals surface area contributed by atoms with E-state index in [1.807, 2.05) is 4.98 Å². The number of nitrogens with one attached hydrogen (secondary N) is 2. The number of aromatic nitrogens is 2. The quantitative estimate of drug-likeness (QED) is 0.0921. The van der Waals surface area contributed by atoms with Crippen LogP contribution in [0.5, 0.6) is 0 Å². The van der Waals surface area contributed by atoms with Crippen molar-refractivity contribution in [2.45, 2.75) is 63.4 Å². The Balaban J connectivity index is 0.000000307. The van der Waals surface area contributed by atoms with Gasteiger partial charge in [0.1, 0.15) is 42.4 Å². The first-order chi connectivity index (χ1) is 20.2. The molecular formula is C21H33IN4O17P2. The summed E-state index contributed by atoms with van der Waals surface area (Å²) in [6, 6.07) is 0. The average molecular weight is 802 g/mol. The molecular weight excluding hydrogens is 769 g/mol. The van der Waals surface area contributed by atoms with Gasteiger partial charge in [0, 0.05) is 18.0 Å². The molecule has 21 nitrogen and oxygen atoms in total. The van der Waals surface area contributed by atoms with Crippen molar-refractivity contribution >= 4 is 44.1 Å². The van der Waals surface area contributed by atoms with Crippen LogP contribution in [0.3, 0.4) is 0 Å². The van der Waals surface area contributed by atoms with Crippen molar-refractivity contribution in [1.29, 1.82) is 0 Å². The van der Waals surface area contributed by atoms with E-state index in [0.717, 1.165) is 10.8 Å². The molecule has 1 amide bonds. The number of hydrogen-bond donors (Lipinski definition) is 10. The lowest BCUT2D eigenvalue weighted by Gasteiger charge is -2.33. The number of aliphatic hydroxyl groups is 4. The summed E-state index contributed by atoms with van der Waals surface area (Å²) >= 11 is 1.78. The first-order valence-corrected chi connectivity index (χ1v) is 16.3. The van der Waals surface area contributed by atoms with E-state index in [1.54, 1.807) is 22.6 Å². The molecule has 45 heavy (non-hydrogen) atoms. The number of aryl methyl sites for hydroxylation is 1. The Labute approximate surface area is 267 Å². The molecule has 3 aliphatic heterocycles. The highest BCUT2D eigenvalue weighted by Crippen LogP contribution is 2.39. The molecule has 0 aliphatic carbocycles. The average Bonchev–Trinajstić information content (AvgIpc) is 3.35. The maximum Gasteiger partial charge on any atom is 0.469 e. The number of halogens is 1. The summed E-state index contributed by atoms with van der Waals surface area (Å²) in [5.74, 6) is -0.227. The van der Waals surface area contributed by atoms with E-state index >= 15 is 0 Å². The number of carbonyl (C=O) groups is 1. The summed E-state index contributed by atoms with van der Waals surface area (Å²) in [6.45, 7) is 3.75. The summed E-state index contributed by atoms with van der Waals surface area (Å²) in [5.41, 5.74) is -1.28. The minimum absolute atomic E-state index is 0. The number of hydrogen-bond acceptors (Lipinski definition) is 14. The van der Waals surface area contributed by atoms with Gasteiger partial charge in [-0.25, -0.2) is 13.9 Å². The molecule has 3 aliphatic rings. The lowest BCUT2D eigenvalue weighted by atomic mass is 10.1. The lowest BCUT2D eigenvalue weighted by Crippen LogP contribution is -2.47. The Morgan fingerprint density at radius 2 is 1.38 bits per heavy atom. The Hall–Kier alpha value is -1.86. The Morgan fingerprint density at radius 1 is 0.911 bits per heavy atom. The van der Waals surface area contributed by atoms with E-state index in [2.05, 4.69) is 20.9 Å². The van der Waals surface area contributed by atoms with E-state index in [4.69, 9.17) is 29.0 Å². The third-order valence-corrected chi connectivity index (χ3v) is 7.96.